The highest BCUT2D eigenvalue weighted by molar-refractivity contribution is 7.85. The highest BCUT2D eigenvalue weighted by atomic mass is 32.2. The molecule has 2 rings (SSSR count). The fourth-order valence-electron chi connectivity index (χ4n) is 3.25. The van der Waals surface area contributed by atoms with Gasteiger partial charge in [-0.3, -0.25) is 9.35 Å². The van der Waals surface area contributed by atoms with Crippen LogP contribution in [0.2, 0.25) is 0 Å². The minimum Gasteiger partial charge on any atom is -0.444 e. The van der Waals surface area contributed by atoms with Crippen LogP contribution in [0.15, 0.2) is 17.0 Å². The molecule has 0 unspecified atom stereocenters. The summed E-state index contributed by atoms with van der Waals surface area (Å²) in [5.74, 6) is -2.92. The average Bonchev–Trinajstić information content (AvgIpc) is 3.04. The number of amides is 2. The number of nitrogens with zero attached hydrogens (tertiary/aromatic N) is 1. The molecule has 14 heteroatoms. The maximum atomic E-state index is 14.8. The van der Waals surface area contributed by atoms with Crippen LogP contribution in [0.5, 0.6) is 0 Å². The first-order valence-electron chi connectivity index (χ1n) is 9.68. The highest BCUT2D eigenvalue weighted by Gasteiger charge is 2.42. The number of alkyl halides is 4. The highest BCUT2D eigenvalue weighted by Crippen LogP contribution is 2.37. The van der Waals surface area contributed by atoms with Gasteiger partial charge in [0.05, 0.1) is 6.54 Å². The molecule has 1 aromatic rings. The second kappa shape index (κ2) is 9.41. The van der Waals surface area contributed by atoms with Crippen molar-refractivity contribution < 1.29 is 49.2 Å². The van der Waals surface area contributed by atoms with Crippen molar-refractivity contribution in [1.82, 2.24) is 10.2 Å². The zero-order valence-electron chi connectivity index (χ0n) is 17.9. The fourth-order valence-corrected chi connectivity index (χ4v) is 3.95. The maximum Gasteiger partial charge on any atom is 0.420 e. The van der Waals surface area contributed by atoms with Crippen molar-refractivity contribution in [2.75, 3.05) is 13.1 Å². The summed E-state index contributed by atoms with van der Waals surface area (Å²) in [5.41, 5.74) is -4.00. The van der Waals surface area contributed by atoms with Gasteiger partial charge in [0.2, 0.25) is 5.91 Å². The Kier molecular flexibility index (Phi) is 7.63. The van der Waals surface area contributed by atoms with Gasteiger partial charge in [0, 0.05) is 13.0 Å². The third-order valence-electron chi connectivity index (χ3n) is 4.60. The molecular weight excluding hydrogens is 479 g/mol. The Bertz CT molecular complexity index is 1020. The molecule has 0 saturated carbocycles. The van der Waals surface area contributed by atoms with E-state index in [0.717, 1.165) is 4.90 Å². The number of likely N-dealkylation sites (tertiary alicyclic amines) is 1. The molecule has 1 saturated heterocycles. The standard InChI is InChI=1S/C19H23F5N2O6S/c1-18(2,3)32-17(28)25-12(16(27)26-7-6-11(20)9-26)8-10-4-5-13(33(29,30)31)14(15(10)21)19(22,23)24/h4-5,11-12H,6-9H2,1-3H3,(H,25,28)(H,29,30,31)/t11-,12-/m0/s1. The summed E-state index contributed by atoms with van der Waals surface area (Å²) in [6, 6.07) is -0.650. The molecule has 0 spiro atoms. The smallest absolute Gasteiger partial charge is 0.420 e. The van der Waals surface area contributed by atoms with Crippen molar-refractivity contribution in [3.63, 3.8) is 0 Å². The Morgan fingerprint density at radius 3 is 2.33 bits per heavy atom. The van der Waals surface area contributed by atoms with Gasteiger partial charge in [0.15, 0.2) is 0 Å². The van der Waals surface area contributed by atoms with Crippen molar-refractivity contribution in [3.8, 4) is 0 Å². The van der Waals surface area contributed by atoms with Gasteiger partial charge >= 0.3 is 12.3 Å². The van der Waals surface area contributed by atoms with Crippen LogP contribution in [-0.4, -0.2) is 60.8 Å². The second-order valence-electron chi connectivity index (χ2n) is 8.46. The number of carbonyl (C=O) groups is 2. The minimum absolute atomic E-state index is 0.0144. The largest absolute Gasteiger partial charge is 0.444 e. The van der Waals surface area contributed by atoms with E-state index in [9.17, 15) is 40.0 Å². The van der Waals surface area contributed by atoms with Crippen molar-refractivity contribution in [2.24, 2.45) is 0 Å². The number of hydrogen-bond acceptors (Lipinski definition) is 5. The van der Waals surface area contributed by atoms with Crippen LogP contribution in [0.3, 0.4) is 0 Å². The first-order valence-corrected chi connectivity index (χ1v) is 11.1. The molecule has 1 heterocycles. The first-order chi connectivity index (χ1) is 14.9. The molecule has 2 amide bonds. The zero-order valence-corrected chi connectivity index (χ0v) is 18.7. The lowest BCUT2D eigenvalue weighted by atomic mass is 10.0. The molecule has 1 fully saturated rings. The Hall–Kier alpha value is -2.48. The first kappa shape index (κ1) is 26.8. The molecule has 0 radical (unpaired) electrons. The molecule has 0 aromatic heterocycles. The maximum absolute atomic E-state index is 14.8. The van der Waals surface area contributed by atoms with E-state index in [1.807, 2.05) is 0 Å². The molecular formula is C19H23F5N2O6S. The number of carbonyl (C=O) groups excluding carboxylic acids is 2. The van der Waals surface area contributed by atoms with E-state index in [4.69, 9.17) is 9.29 Å². The molecule has 33 heavy (non-hydrogen) atoms. The van der Waals surface area contributed by atoms with Gasteiger partial charge in [-0.25, -0.2) is 13.6 Å². The van der Waals surface area contributed by atoms with Crippen LogP contribution < -0.4 is 5.32 Å². The van der Waals surface area contributed by atoms with Crippen molar-refractivity contribution in [2.45, 2.75) is 62.5 Å². The van der Waals surface area contributed by atoms with Gasteiger partial charge in [0.1, 0.15) is 34.1 Å². The molecule has 186 valence electrons. The Balaban J connectivity index is 2.46. The summed E-state index contributed by atoms with van der Waals surface area (Å²) >= 11 is 0. The predicted molar refractivity (Wildman–Crippen MR) is 104 cm³/mol. The lowest BCUT2D eigenvalue weighted by Crippen LogP contribution is -2.50. The lowest BCUT2D eigenvalue weighted by molar-refractivity contribution is -0.142. The van der Waals surface area contributed by atoms with E-state index in [2.05, 4.69) is 5.32 Å². The van der Waals surface area contributed by atoms with Gasteiger partial charge < -0.3 is 15.0 Å². The number of rotatable bonds is 5. The minimum atomic E-state index is -5.50. The summed E-state index contributed by atoms with van der Waals surface area (Å²) < 4.78 is 105. The summed E-state index contributed by atoms with van der Waals surface area (Å²) in [7, 11) is -5.43. The van der Waals surface area contributed by atoms with Crippen molar-refractivity contribution in [3.05, 3.63) is 29.1 Å². The SMILES string of the molecule is CC(C)(C)OC(=O)N[C@@H](Cc1ccc(S(=O)(=O)O)c(C(F)(F)F)c1F)C(=O)N1CC[C@H](F)C1. The summed E-state index contributed by atoms with van der Waals surface area (Å²) in [6.45, 7) is 4.20. The van der Waals surface area contributed by atoms with Crippen LogP contribution in [-0.2, 0) is 32.2 Å². The van der Waals surface area contributed by atoms with Crippen LogP contribution in [0, 0.1) is 5.82 Å². The van der Waals surface area contributed by atoms with Gasteiger partial charge in [0.25, 0.3) is 10.1 Å². The predicted octanol–water partition coefficient (Wildman–Crippen LogP) is 3.10. The number of ether oxygens (including phenoxy) is 1. The topological polar surface area (TPSA) is 113 Å². The molecule has 1 aliphatic rings. The number of alkyl carbamates (subject to hydrolysis) is 1. The molecule has 0 bridgehead atoms. The van der Waals surface area contributed by atoms with Crippen LogP contribution in [0.4, 0.5) is 26.7 Å². The molecule has 2 N–H and O–H groups in total. The number of hydrogen-bond donors (Lipinski definition) is 2. The van der Waals surface area contributed by atoms with Crippen molar-refractivity contribution in [1.29, 1.82) is 0 Å². The second-order valence-corrected chi connectivity index (χ2v) is 9.85. The van der Waals surface area contributed by atoms with Gasteiger partial charge in [-0.05, 0) is 38.8 Å². The molecule has 1 aromatic carbocycles. The Morgan fingerprint density at radius 1 is 1.27 bits per heavy atom. The van der Waals surface area contributed by atoms with E-state index in [1.165, 1.54) is 20.8 Å². The number of benzene rings is 1. The fraction of sp³-hybridized carbons (Fsp3) is 0.579. The Labute approximate surface area is 186 Å². The van der Waals surface area contributed by atoms with E-state index in [-0.39, 0.29) is 19.5 Å². The normalized spacial score (nSPS) is 18.2. The molecule has 1 aliphatic heterocycles. The van der Waals surface area contributed by atoms with Gasteiger partial charge in [-0.1, -0.05) is 6.07 Å². The molecule has 8 nitrogen and oxygen atoms in total. The quantitative estimate of drug-likeness (QED) is 0.473. The van der Waals surface area contributed by atoms with Gasteiger partial charge in [-0.15, -0.1) is 0 Å². The average molecular weight is 502 g/mol. The molecule has 2 atom stereocenters. The zero-order chi connectivity index (χ0) is 25.4. The summed E-state index contributed by atoms with van der Waals surface area (Å²) in [4.78, 5) is 24.3. The third-order valence-corrected chi connectivity index (χ3v) is 5.50. The van der Waals surface area contributed by atoms with Crippen LogP contribution >= 0.6 is 0 Å². The third kappa shape index (κ3) is 7.00. The lowest BCUT2D eigenvalue weighted by Gasteiger charge is -2.26. The summed E-state index contributed by atoms with van der Waals surface area (Å²) in [6.07, 6.45) is -8.77. The Morgan fingerprint density at radius 2 is 1.88 bits per heavy atom. The summed E-state index contributed by atoms with van der Waals surface area (Å²) in [5, 5.41) is 2.15. The van der Waals surface area contributed by atoms with Crippen LogP contribution in [0.1, 0.15) is 38.3 Å². The molecule has 0 aliphatic carbocycles. The van der Waals surface area contributed by atoms with E-state index in [0.29, 0.717) is 12.1 Å². The van der Waals surface area contributed by atoms with E-state index < -0.39 is 74.4 Å². The van der Waals surface area contributed by atoms with Crippen molar-refractivity contribution >= 4 is 22.1 Å². The van der Waals surface area contributed by atoms with Crippen LogP contribution in [0.25, 0.3) is 0 Å². The number of nitrogens with one attached hydrogen (secondary N) is 1. The van der Waals surface area contributed by atoms with E-state index >= 15 is 0 Å². The number of halogens is 5. The van der Waals surface area contributed by atoms with E-state index in [1.54, 1.807) is 0 Å². The van der Waals surface area contributed by atoms with Gasteiger partial charge in [-0.2, -0.15) is 21.6 Å². The monoisotopic (exact) mass is 502 g/mol.